The number of amides is 1. The van der Waals surface area contributed by atoms with Crippen molar-refractivity contribution in [3.05, 3.63) is 54.1 Å². The Labute approximate surface area is 179 Å². The normalized spacial score (nSPS) is 27.0. The quantitative estimate of drug-likeness (QED) is 0.795. The number of imidazole rings is 1. The highest BCUT2D eigenvalue weighted by atomic mass is 16.3. The molecule has 1 amide bonds. The van der Waals surface area contributed by atoms with Crippen molar-refractivity contribution in [1.29, 1.82) is 0 Å². The minimum absolute atomic E-state index is 0.0332. The van der Waals surface area contributed by atoms with Gasteiger partial charge in [-0.3, -0.25) is 4.79 Å². The predicted molar refractivity (Wildman–Crippen MR) is 117 cm³/mol. The molecule has 1 aromatic carbocycles. The maximum atomic E-state index is 13.6. The van der Waals surface area contributed by atoms with Crippen LogP contribution in [0.15, 0.2) is 42.7 Å². The fourth-order valence-electron chi connectivity index (χ4n) is 5.19. The number of aliphatic hydroxyl groups excluding tert-OH is 1. The van der Waals surface area contributed by atoms with Crippen LogP contribution in [-0.2, 0) is 11.2 Å². The third kappa shape index (κ3) is 4.30. The molecule has 30 heavy (non-hydrogen) atoms. The van der Waals surface area contributed by atoms with Gasteiger partial charge in [0.15, 0.2) is 0 Å². The first-order chi connectivity index (χ1) is 14.5. The van der Waals surface area contributed by atoms with Gasteiger partial charge in [0, 0.05) is 12.4 Å². The zero-order valence-electron chi connectivity index (χ0n) is 18.1. The molecule has 1 saturated carbocycles. The first-order valence-corrected chi connectivity index (χ1v) is 11.2. The third-order valence-corrected chi connectivity index (χ3v) is 7.17. The van der Waals surface area contributed by atoms with E-state index in [0.717, 1.165) is 57.4 Å². The van der Waals surface area contributed by atoms with Gasteiger partial charge >= 0.3 is 0 Å². The maximum absolute atomic E-state index is 13.6. The Morgan fingerprint density at radius 1 is 1.23 bits per heavy atom. The van der Waals surface area contributed by atoms with Gasteiger partial charge in [-0.05, 0) is 71.1 Å². The van der Waals surface area contributed by atoms with E-state index >= 15 is 0 Å². The standard InChI is InChI=1S/C24H34N4O2/c1-18-25-13-16-28(18)21-10-6-9-20(22(21)29)26-23(30)24(11-14-27(2)15-12-24)17-19-7-4-3-5-8-19/h3-5,7-8,13,16,20-22,29H,6,9-12,14-15,17H2,1-2H3,(H,26,30)/t20-,21-,22-/m1/s1. The van der Waals surface area contributed by atoms with Crippen molar-refractivity contribution in [2.75, 3.05) is 20.1 Å². The number of likely N-dealkylation sites (tertiary alicyclic amines) is 1. The van der Waals surface area contributed by atoms with Gasteiger partial charge in [0.25, 0.3) is 0 Å². The van der Waals surface area contributed by atoms with Crippen LogP contribution in [-0.4, -0.2) is 57.7 Å². The number of hydrogen-bond donors (Lipinski definition) is 2. The van der Waals surface area contributed by atoms with Crippen LogP contribution in [0.25, 0.3) is 0 Å². The van der Waals surface area contributed by atoms with Crippen LogP contribution in [0, 0.1) is 12.3 Å². The van der Waals surface area contributed by atoms with Crippen LogP contribution in [0.4, 0.5) is 0 Å². The van der Waals surface area contributed by atoms with Gasteiger partial charge in [0.05, 0.1) is 23.6 Å². The number of aliphatic hydroxyl groups is 1. The molecule has 2 heterocycles. The molecule has 0 unspecified atom stereocenters. The van der Waals surface area contributed by atoms with Crippen molar-refractivity contribution < 1.29 is 9.90 Å². The summed E-state index contributed by atoms with van der Waals surface area (Å²) in [5, 5.41) is 14.4. The summed E-state index contributed by atoms with van der Waals surface area (Å²) in [4.78, 5) is 20.3. The van der Waals surface area contributed by atoms with E-state index in [-0.39, 0.29) is 18.0 Å². The van der Waals surface area contributed by atoms with Crippen molar-refractivity contribution in [3.63, 3.8) is 0 Å². The van der Waals surface area contributed by atoms with Crippen molar-refractivity contribution in [2.45, 2.75) is 63.6 Å². The van der Waals surface area contributed by atoms with Gasteiger partial charge < -0.3 is 19.9 Å². The van der Waals surface area contributed by atoms with Gasteiger partial charge in [-0.25, -0.2) is 4.98 Å². The smallest absolute Gasteiger partial charge is 0.226 e. The molecule has 2 fully saturated rings. The number of aryl methyl sites for hydroxylation is 1. The van der Waals surface area contributed by atoms with Crippen molar-refractivity contribution in [1.82, 2.24) is 19.8 Å². The molecule has 0 bridgehead atoms. The second kappa shape index (κ2) is 8.90. The van der Waals surface area contributed by atoms with E-state index in [4.69, 9.17) is 0 Å². The predicted octanol–water partition coefficient (Wildman–Crippen LogP) is 2.72. The Morgan fingerprint density at radius 2 is 1.97 bits per heavy atom. The summed E-state index contributed by atoms with van der Waals surface area (Å²) in [5.74, 6) is 1.01. The highest BCUT2D eigenvalue weighted by molar-refractivity contribution is 5.83. The first-order valence-electron chi connectivity index (χ1n) is 11.2. The molecule has 1 aromatic heterocycles. The summed E-state index contributed by atoms with van der Waals surface area (Å²) in [6, 6.07) is 10.1. The van der Waals surface area contributed by atoms with E-state index in [1.807, 2.05) is 31.3 Å². The number of benzene rings is 1. The van der Waals surface area contributed by atoms with Gasteiger partial charge in [0.1, 0.15) is 5.82 Å². The fourth-order valence-corrected chi connectivity index (χ4v) is 5.19. The minimum Gasteiger partial charge on any atom is -0.389 e. The zero-order chi connectivity index (χ0) is 21.1. The summed E-state index contributed by atoms with van der Waals surface area (Å²) in [6.45, 7) is 3.80. The monoisotopic (exact) mass is 410 g/mol. The average molecular weight is 411 g/mol. The van der Waals surface area contributed by atoms with Crippen LogP contribution in [0.5, 0.6) is 0 Å². The molecule has 6 nitrogen and oxygen atoms in total. The molecule has 1 aliphatic carbocycles. The van der Waals surface area contributed by atoms with Crippen LogP contribution in [0.1, 0.15) is 49.5 Å². The first kappa shape index (κ1) is 21.1. The lowest BCUT2D eigenvalue weighted by atomic mass is 9.72. The molecule has 4 rings (SSSR count). The molecular formula is C24H34N4O2. The molecule has 2 aromatic rings. The van der Waals surface area contributed by atoms with E-state index < -0.39 is 11.5 Å². The molecule has 0 radical (unpaired) electrons. The lowest BCUT2D eigenvalue weighted by molar-refractivity contribution is -0.136. The number of nitrogens with zero attached hydrogens (tertiary/aromatic N) is 3. The highest BCUT2D eigenvalue weighted by Crippen LogP contribution is 2.37. The fraction of sp³-hybridized carbons (Fsp3) is 0.583. The number of carbonyl (C=O) groups is 1. The Hall–Kier alpha value is -2.18. The second-order valence-electron chi connectivity index (χ2n) is 9.20. The van der Waals surface area contributed by atoms with Crippen LogP contribution in [0.2, 0.25) is 0 Å². The Morgan fingerprint density at radius 3 is 2.63 bits per heavy atom. The molecule has 162 valence electrons. The topological polar surface area (TPSA) is 70.4 Å². The number of nitrogens with one attached hydrogen (secondary N) is 1. The SMILES string of the molecule is Cc1nccn1[C@@H]1CCC[C@@H](NC(=O)C2(Cc3ccccc3)CCN(C)CC2)[C@H]1O. The summed E-state index contributed by atoms with van der Waals surface area (Å²) in [5.41, 5.74) is 0.791. The molecular weight excluding hydrogens is 376 g/mol. The molecule has 0 spiro atoms. The Bertz CT molecular complexity index is 842. The summed E-state index contributed by atoms with van der Waals surface area (Å²) in [7, 11) is 2.12. The van der Waals surface area contributed by atoms with Crippen LogP contribution < -0.4 is 5.32 Å². The zero-order valence-corrected chi connectivity index (χ0v) is 18.1. The number of piperidine rings is 1. The summed E-state index contributed by atoms with van der Waals surface area (Å²) < 4.78 is 2.05. The summed E-state index contributed by atoms with van der Waals surface area (Å²) >= 11 is 0. The van der Waals surface area contributed by atoms with Crippen molar-refractivity contribution >= 4 is 5.91 Å². The Kier molecular flexibility index (Phi) is 6.25. The van der Waals surface area contributed by atoms with Gasteiger partial charge in [0.2, 0.25) is 5.91 Å². The van der Waals surface area contributed by atoms with Crippen LogP contribution in [0.3, 0.4) is 0 Å². The largest absolute Gasteiger partial charge is 0.389 e. The number of aromatic nitrogens is 2. The van der Waals surface area contributed by atoms with E-state index in [0.29, 0.717) is 0 Å². The molecule has 1 aliphatic heterocycles. The number of rotatable bonds is 5. The average Bonchev–Trinajstić information content (AvgIpc) is 3.18. The Balaban J connectivity index is 1.51. The molecule has 2 N–H and O–H groups in total. The molecule has 2 aliphatic rings. The molecule has 1 saturated heterocycles. The van der Waals surface area contributed by atoms with Gasteiger partial charge in [-0.2, -0.15) is 0 Å². The van der Waals surface area contributed by atoms with E-state index in [2.05, 4.69) is 38.9 Å². The lowest BCUT2D eigenvalue weighted by Crippen LogP contribution is -2.56. The maximum Gasteiger partial charge on any atom is 0.226 e. The minimum atomic E-state index is -0.601. The lowest BCUT2D eigenvalue weighted by Gasteiger charge is -2.42. The molecule has 6 heteroatoms. The number of carbonyl (C=O) groups excluding carboxylic acids is 1. The van der Waals surface area contributed by atoms with Crippen LogP contribution >= 0.6 is 0 Å². The third-order valence-electron chi connectivity index (χ3n) is 7.17. The second-order valence-corrected chi connectivity index (χ2v) is 9.20. The number of hydrogen-bond acceptors (Lipinski definition) is 4. The van der Waals surface area contributed by atoms with Crippen molar-refractivity contribution in [3.8, 4) is 0 Å². The van der Waals surface area contributed by atoms with Crippen molar-refractivity contribution in [2.24, 2.45) is 5.41 Å². The van der Waals surface area contributed by atoms with E-state index in [1.165, 1.54) is 5.56 Å². The van der Waals surface area contributed by atoms with Gasteiger partial charge in [-0.1, -0.05) is 30.3 Å². The molecule has 3 atom stereocenters. The van der Waals surface area contributed by atoms with Gasteiger partial charge in [-0.15, -0.1) is 0 Å². The van der Waals surface area contributed by atoms with E-state index in [1.54, 1.807) is 6.20 Å². The highest BCUT2D eigenvalue weighted by Gasteiger charge is 2.43. The van der Waals surface area contributed by atoms with E-state index in [9.17, 15) is 9.90 Å². The summed E-state index contributed by atoms with van der Waals surface area (Å²) in [6.07, 6.45) is 8.26.